The molecular formula is C14H20BrClFN. The first-order chi connectivity index (χ1) is 8.51. The minimum atomic E-state index is -0.214. The summed E-state index contributed by atoms with van der Waals surface area (Å²) in [5, 5.41) is 3.75. The third-order valence-corrected chi connectivity index (χ3v) is 4.46. The molecule has 102 valence electrons. The highest BCUT2D eigenvalue weighted by Gasteiger charge is 2.21. The van der Waals surface area contributed by atoms with Gasteiger partial charge in [-0.05, 0) is 47.4 Å². The van der Waals surface area contributed by atoms with Gasteiger partial charge in [-0.3, -0.25) is 0 Å². The summed E-state index contributed by atoms with van der Waals surface area (Å²) in [7, 11) is 1.86. The van der Waals surface area contributed by atoms with Gasteiger partial charge in [-0.15, -0.1) is 0 Å². The number of halogens is 3. The van der Waals surface area contributed by atoms with Gasteiger partial charge in [-0.25, -0.2) is 4.39 Å². The Hall–Kier alpha value is -0.120. The second-order valence-corrected chi connectivity index (χ2v) is 5.94. The minimum absolute atomic E-state index is 0.00199. The molecule has 0 aliphatic rings. The molecule has 1 rings (SSSR count). The molecule has 0 saturated heterocycles. The van der Waals surface area contributed by atoms with Crippen LogP contribution in [0.4, 0.5) is 4.39 Å². The van der Waals surface area contributed by atoms with Crippen LogP contribution < -0.4 is 5.32 Å². The van der Waals surface area contributed by atoms with Gasteiger partial charge < -0.3 is 5.32 Å². The molecule has 2 atom stereocenters. The van der Waals surface area contributed by atoms with Crippen molar-refractivity contribution in [1.82, 2.24) is 5.32 Å². The van der Waals surface area contributed by atoms with Gasteiger partial charge in [0.2, 0.25) is 0 Å². The van der Waals surface area contributed by atoms with Crippen molar-refractivity contribution in [2.75, 3.05) is 7.05 Å². The van der Waals surface area contributed by atoms with E-state index in [1.807, 2.05) is 7.05 Å². The standard InChI is InChI=1S/C14H20BrClFN/c1-4-5-6-9(2)14(18-3)10-7-12(16)11(15)8-13(10)17/h7-9,14,18H,4-6H2,1-3H3. The molecule has 0 amide bonds. The normalized spacial score (nSPS) is 14.6. The summed E-state index contributed by atoms with van der Waals surface area (Å²) in [6, 6.07) is 3.15. The summed E-state index contributed by atoms with van der Waals surface area (Å²) in [4.78, 5) is 0. The molecule has 0 aromatic heterocycles. The van der Waals surface area contributed by atoms with Gasteiger partial charge >= 0.3 is 0 Å². The average molecular weight is 337 g/mol. The third kappa shape index (κ3) is 3.94. The van der Waals surface area contributed by atoms with Gasteiger partial charge in [-0.1, -0.05) is 38.3 Å². The Morgan fingerprint density at radius 1 is 1.44 bits per heavy atom. The third-order valence-electron chi connectivity index (χ3n) is 3.27. The molecule has 0 saturated carbocycles. The maximum Gasteiger partial charge on any atom is 0.129 e. The molecule has 4 heteroatoms. The monoisotopic (exact) mass is 335 g/mol. The van der Waals surface area contributed by atoms with Crippen LogP contribution in [0.3, 0.4) is 0 Å². The van der Waals surface area contributed by atoms with Crippen LogP contribution >= 0.6 is 27.5 Å². The Balaban J connectivity index is 2.97. The Kier molecular flexibility index (Phi) is 6.61. The van der Waals surface area contributed by atoms with Crippen molar-refractivity contribution >= 4 is 27.5 Å². The summed E-state index contributed by atoms with van der Waals surface area (Å²) in [5.74, 6) is 0.163. The molecule has 0 fully saturated rings. The van der Waals surface area contributed by atoms with E-state index in [2.05, 4.69) is 35.1 Å². The zero-order chi connectivity index (χ0) is 13.7. The van der Waals surface area contributed by atoms with Crippen molar-refractivity contribution in [3.63, 3.8) is 0 Å². The van der Waals surface area contributed by atoms with E-state index in [1.54, 1.807) is 6.07 Å². The summed E-state index contributed by atoms with van der Waals surface area (Å²) in [6.07, 6.45) is 3.39. The first kappa shape index (κ1) is 15.9. The van der Waals surface area contributed by atoms with Crippen molar-refractivity contribution < 1.29 is 4.39 Å². The van der Waals surface area contributed by atoms with Crippen molar-refractivity contribution in [1.29, 1.82) is 0 Å². The molecule has 1 aromatic carbocycles. The van der Waals surface area contributed by atoms with E-state index in [1.165, 1.54) is 6.07 Å². The second-order valence-electron chi connectivity index (χ2n) is 4.67. The summed E-state index contributed by atoms with van der Waals surface area (Å²) in [6.45, 7) is 4.31. The fourth-order valence-corrected chi connectivity index (χ4v) is 2.70. The van der Waals surface area contributed by atoms with E-state index in [4.69, 9.17) is 11.6 Å². The van der Waals surface area contributed by atoms with E-state index in [-0.39, 0.29) is 11.9 Å². The number of unbranched alkanes of at least 4 members (excludes halogenated alkanes) is 1. The van der Waals surface area contributed by atoms with Gasteiger partial charge in [0.15, 0.2) is 0 Å². The smallest absolute Gasteiger partial charge is 0.129 e. The predicted molar refractivity (Wildman–Crippen MR) is 79.6 cm³/mol. The Bertz CT molecular complexity index is 398. The summed E-state index contributed by atoms with van der Waals surface area (Å²) in [5.41, 5.74) is 0.648. The van der Waals surface area contributed by atoms with Crippen molar-refractivity contribution in [3.05, 3.63) is 33.0 Å². The lowest BCUT2D eigenvalue weighted by molar-refractivity contribution is 0.366. The Labute approximate surface area is 122 Å². The van der Waals surface area contributed by atoms with Crippen LogP contribution in [0, 0.1) is 11.7 Å². The highest BCUT2D eigenvalue weighted by molar-refractivity contribution is 9.10. The highest BCUT2D eigenvalue weighted by Crippen LogP contribution is 2.33. The first-order valence-electron chi connectivity index (χ1n) is 6.33. The molecule has 0 spiro atoms. The van der Waals surface area contributed by atoms with E-state index in [9.17, 15) is 4.39 Å². The molecule has 2 unspecified atom stereocenters. The van der Waals surface area contributed by atoms with Crippen LogP contribution in [0.5, 0.6) is 0 Å². The van der Waals surface area contributed by atoms with Crippen LogP contribution in [-0.2, 0) is 0 Å². The fraction of sp³-hybridized carbons (Fsp3) is 0.571. The number of rotatable bonds is 6. The van der Waals surface area contributed by atoms with Gasteiger partial charge in [-0.2, -0.15) is 0 Å². The lowest BCUT2D eigenvalue weighted by atomic mass is 9.90. The fourth-order valence-electron chi connectivity index (χ4n) is 2.22. The summed E-state index contributed by atoms with van der Waals surface area (Å²) >= 11 is 9.29. The van der Waals surface area contributed by atoms with E-state index >= 15 is 0 Å². The molecule has 18 heavy (non-hydrogen) atoms. The maximum absolute atomic E-state index is 14.0. The largest absolute Gasteiger partial charge is 0.313 e. The van der Waals surface area contributed by atoms with Crippen LogP contribution in [0.15, 0.2) is 16.6 Å². The zero-order valence-electron chi connectivity index (χ0n) is 11.1. The Morgan fingerprint density at radius 2 is 2.11 bits per heavy atom. The minimum Gasteiger partial charge on any atom is -0.313 e. The number of hydrogen-bond acceptors (Lipinski definition) is 1. The molecule has 0 aliphatic heterocycles. The number of nitrogens with one attached hydrogen (secondary N) is 1. The van der Waals surface area contributed by atoms with E-state index in [0.29, 0.717) is 21.0 Å². The van der Waals surface area contributed by atoms with Gasteiger partial charge in [0.1, 0.15) is 5.82 Å². The second kappa shape index (κ2) is 7.46. The highest BCUT2D eigenvalue weighted by atomic mass is 79.9. The topological polar surface area (TPSA) is 12.0 Å². The molecule has 1 nitrogen and oxygen atoms in total. The SMILES string of the molecule is CCCCC(C)C(NC)c1cc(Cl)c(Br)cc1F. The molecule has 0 aliphatic carbocycles. The lowest BCUT2D eigenvalue weighted by Gasteiger charge is -2.24. The molecular weight excluding hydrogens is 317 g/mol. The van der Waals surface area contributed by atoms with Crippen LogP contribution in [0.25, 0.3) is 0 Å². The summed E-state index contributed by atoms with van der Waals surface area (Å²) < 4.78 is 14.6. The molecule has 1 aromatic rings. The van der Waals surface area contributed by atoms with Gasteiger partial charge in [0.25, 0.3) is 0 Å². The molecule has 1 N–H and O–H groups in total. The number of hydrogen-bond donors (Lipinski definition) is 1. The predicted octanol–water partition coefficient (Wildman–Crippen LogP) is 5.33. The molecule has 0 heterocycles. The number of benzene rings is 1. The zero-order valence-corrected chi connectivity index (χ0v) is 13.4. The quantitative estimate of drug-likeness (QED) is 0.692. The van der Waals surface area contributed by atoms with E-state index in [0.717, 1.165) is 19.3 Å². The lowest BCUT2D eigenvalue weighted by Crippen LogP contribution is -2.24. The van der Waals surface area contributed by atoms with Crippen molar-refractivity contribution in [2.24, 2.45) is 5.92 Å². The average Bonchev–Trinajstić information content (AvgIpc) is 2.33. The maximum atomic E-state index is 14.0. The van der Waals surface area contributed by atoms with Crippen LogP contribution in [0.1, 0.15) is 44.7 Å². The molecule has 0 radical (unpaired) electrons. The van der Waals surface area contributed by atoms with Gasteiger partial charge in [0, 0.05) is 16.1 Å². The molecule has 0 bridgehead atoms. The van der Waals surface area contributed by atoms with Crippen LogP contribution in [-0.4, -0.2) is 7.05 Å². The van der Waals surface area contributed by atoms with Gasteiger partial charge in [0.05, 0.1) is 5.02 Å². The Morgan fingerprint density at radius 3 is 2.67 bits per heavy atom. The van der Waals surface area contributed by atoms with Crippen LogP contribution in [0.2, 0.25) is 5.02 Å². The van der Waals surface area contributed by atoms with Crippen molar-refractivity contribution in [3.8, 4) is 0 Å². The van der Waals surface area contributed by atoms with E-state index < -0.39 is 0 Å². The first-order valence-corrected chi connectivity index (χ1v) is 7.50. The van der Waals surface area contributed by atoms with Crippen molar-refractivity contribution in [2.45, 2.75) is 39.2 Å².